The molecule has 5 atom stereocenters. The number of halogens is 1. The fraction of sp³-hybridized carbons (Fsp3) is 0.286. The average Bonchev–Trinajstić information content (AvgIpc) is 3.82. The largest absolute Gasteiger partial charge is 0.364 e. The van der Waals surface area contributed by atoms with Crippen LogP contribution in [0, 0.1) is 0 Å². The van der Waals surface area contributed by atoms with Gasteiger partial charge in [0.05, 0.1) is 12.2 Å². The second-order valence-corrected chi connectivity index (χ2v) is 17.0. The summed E-state index contributed by atoms with van der Waals surface area (Å²) in [5, 5.41) is 18.6. The van der Waals surface area contributed by atoms with Crippen molar-refractivity contribution >= 4 is 65.4 Å². The fourth-order valence-electron chi connectivity index (χ4n) is 7.80. The van der Waals surface area contributed by atoms with Gasteiger partial charge in [0.15, 0.2) is 24.0 Å². The number of fused-ring (bicyclic) bond motifs is 5. The number of carbonyl (C=O) groups excluding carboxylic acids is 9. The summed E-state index contributed by atoms with van der Waals surface area (Å²) in [7, 11) is 1.37. The van der Waals surface area contributed by atoms with Crippen molar-refractivity contribution in [2.24, 2.45) is 11.5 Å². The van der Waals surface area contributed by atoms with E-state index in [4.69, 9.17) is 23.1 Å². The van der Waals surface area contributed by atoms with Crippen molar-refractivity contribution in [3.05, 3.63) is 130 Å². The minimum Gasteiger partial charge on any atom is -0.364 e. The van der Waals surface area contributed by atoms with Crippen LogP contribution in [0.25, 0.3) is 22.3 Å². The van der Waals surface area contributed by atoms with E-state index >= 15 is 0 Å². The Kier molecular flexibility index (Phi) is 16.6. The first-order valence-electron chi connectivity index (χ1n) is 22.0. The van der Waals surface area contributed by atoms with Crippen LogP contribution in [0.5, 0.6) is 0 Å². The molecule has 4 bridgehead atoms. The van der Waals surface area contributed by atoms with E-state index in [1.165, 1.54) is 51.4 Å². The third-order valence-corrected chi connectivity index (χ3v) is 11.9. The molecule has 1 aliphatic rings. The lowest BCUT2D eigenvalue weighted by atomic mass is 9.89. The number of aromatic nitrogens is 3. The minimum absolute atomic E-state index is 0.131. The minimum atomic E-state index is -1.49. The van der Waals surface area contributed by atoms with E-state index in [2.05, 4.69) is 31.6 Å². The number of aldehydes is 2. The van der Waals surface area contributed by atoms with Gasteiger partial charge in [0.1, 0.15) is 30.7 Å². The number of amides is 6. The predicted molar refractivity (Wildman–Crippen MR) is 254 cm³/mol. The standard InChI is InChI=1S/C49H51ClN10O9/c1-27(42(63)24-60-23-41(44(52)64)57-58-60)53-47(67)40-21-29-7-8-34(25-61)37(20-29)38-22-33(13-14-35(38)26-62)43(48(68)54-28(2)45(65)56-40)59(3)49(69)39(6-4-5-19-51)55-46(66)32-11-9-30(10-12-32)31-15-17-36(50)18-16-31/h7-18,20,22-23,25-28,39-40,43H,4-6,19,21,24,51H2,1-3H3,(H2,52,64)(H,53,67)(H,54,68)(H,55,66)(H,56,65)/t27?,28-,39-,40-,43-/m0/s1. The maximum Gasteiger partial charge on any atom is 0.270 e. The molecule has 1 unspecified atom stereocenters. The van der Waals surface area contributed by atoms with E-state index < -0.39 is 71.4 Å². The van der Waals surface area contributed by atoms with Gasteiger partial charge in [-0.15, -0.1) is 5.10 Å². The molecule has 1 aliphatic heterocycles. The summed E-state index contributed by atoms with van der Waals surface area (Å²) in [6.45, 7) is 2.73. The Hall–Kier alpha value is -7.90. The first-order valence-corrected chi connectivity index (χ1v) is 22.3. The zero-order valence-corrected chi connectivity index (χ0v) is 38.7. The van der Waals surface area contributed by atoms with Gasteiger partial charge in [-0.1, -0.05) is 71.4 Å². The van der Waals surface area contributed by atoms with Gasteiger partial charge in [-0.25, -0.2) is 4.68 Å². The van der Waals surface area contributed by atoms with Crippen LogP contribution in [0.15, 0.2) is 91.1 Å². The normalized spacial score (nSPS) is 16.6. The number of primary amides is 1. The summed E-state index contributed by atoms with van der Waals surface area (Å²) < 4.78 is 1.08. The Morgan fingerprint density at radius 1 is 0.870 bits per heavy atom. The molecule has 0 saturated heterocycles. The lowest BCUT2D eigenvalue weighted by Gasteiger charge is -2.32. The summed E-state index contributed by atoms with van der Waals surface area (Å²) in [5.74, 6) is -5.02. The zero-order chi connectivity index (χ0) is 49.9. The van der Waals surface area contributed by atoms with E-state index in [0.717, 1.165) is 20.7 Å². The maximum absolute atomic E-state index is 14.7. The summed E-state index contributed by atoms with van der Waals surface area (Å²) in [4.78, 5) is 122. The Morgan fingerprint density at radius 2 is 1.51 bits per heavy atom. The maximum atomic E-state index is 14.7. The Bertz CT molecular complexity index is 2780. The summed E-state index contributed by atoms with van der Waals surface area (Å²) in [6, 6.07) is 16.6. The monoisotopic (exact) mass is 958 g/mol. The molecule has 358 valence electrons. The van der Waals surface area contributed by atoms with E-state index in [9.17, 15) is 43.2 Å². The number of hydrogen-bond donors (Lipinski definition) is 6. The lowest BCUT2D eigenvalue weighted by molar-refractivity contribution is -0.141. The van der Waals surface area contributed by atoms with Crippen LogP contribution in [-0.4, -0.2) is 111 Å². The highest BCUT2D eigenvalue weighted by molar-refractivity contribution is 6.30. The molecule has 6 rings (SSSR count). The zero-order valence-electron chi connectivity index (χ0n) is 37.9. The Labute approximate surface area is 401 Å². The van der Waals surface area contributed by atoms with Crippen molar-refractivity contribution < 1.29 is 43.2 Å². The molecule has 0 saturated carbocycles. The second kappa shape index (κ2) is 22.7. The van der Waals surface area contributed by atoms with Crippen molar-refractivity contribution in [1.29, 1.82) is 0 Å². The van der Waals surface area contributed by atoms with Crippen LogP contribution in [0.1, 0.15) is 91.8 Å². The van der Waals surface area contributed by atoms with E-state index in [1.807, 2.05) is 12.1 Å². The number of nitrogens with one attached hydrogen (secondary N) is 4. The Morgan fingerprint density at radius 3 is 2.13 bits per heavy atom. The van der Waals surface area contributed by atoms with Gasteiger partial charge in [0.25, 0.3) is 11.8 Å². The SMILES string of the molecule is CC(NC(=O)[C@@H]1Cc2ccc(C=O)c(c2)-c2cc(ccc2C=O)[C@H](N(C)C(=O)[C@H](CCCCN)NC(=O)c2ccc(-c3ccc(Cl)cc3)cc2)C(=O)N[C@@H](C)C(=O)N1)C(=O)Cn1cc(C(N)=O)nn1. The van der Waals surface area contributed by atoms with Gasteiger partial charge in [0, 0.05) is 35.2 Å². The highest BCUT2D eigenvalue weighted by Crippen LogP contribution is 2.33. The van der Waals surface area contributed by atoms with Crippen LogP contribution in [-0.2, 0) is 36.9 Å². The van der Waals surface area contributed by atoms with Gasteiger partial charge in [-0.2, -0.15) is 0 Å². The number of Topliss-reactive ketones (excluding diaryl/α,β-unsaturated/α-hetero) is 1. The molecule has 0 radical (unpaired) electrons. The van der Waals surface area contributed by atoms with Crippen molar-refractivity contribution in [1.82, 2.24) is 41.2 Å². The van der Waals surface area contributed by atoms with Crippen LogP contribution in [0.2, 0.25) is 5.02 Å². The highest BCUT2D eigenvalue weighted by atomic mass is 35.5. The predicted octanol–water partition coefficient (Wildman–Crippen LogP) is 2.74. The highest BCUT2D eigenvalue weighted by Gasteiger charge is 2.36. The van der Waals surface area contributed by atoms with Crippen molar-refractivity contribution in [3.8, 4) is 22.3 Å². The number of nitrogens with zero attached hydrogens (tertiary/aromatic N) is 4. The third-order valence-electron chi connectivity index (χ3n) is 11.7. The number of nitrogens with two attached hydrogens (primary N) is 2. The van der Waals surface area contributed by atoms with Crippen molar-refractivity contribution in [2.45, 2.75) is 76.3 Å². The van der Waals surface area contributed by atoms with Gasteiger partial charge >= 0.3 is 0 Å². The third kappa shape index (κ3) is 12.4. The van der Waals surface area contributed by atoms with Crippen LogP contribution in [0.4, 0.5) is 0 Å². The lowest BCUT2D eigenvalue weighted by Crippen LogP contribution is -2.57. The molecule has 6 amide bonds. The number of ketones is 1. The molecule has 20 heteroatoms. The van der Waals surface area contributed by atoms with Crippen molar-refractivity contribution in [2.75, 3.05) is 13.6 Å². The number of carbonyl (C=O) groups is 9. The molecule has 5 aromatic rings. The number of likely N-dealkylation sites (N-methyl/N-ethyl adjacent to an activating group) is 1. The average molecular weight is 959 g/mol. The molecule has 69 heavy (non-hydrogen) atoms. The molecule has 0 spiro atoms. The van der Waals surface area contributed by atoms with Gasteiger partial charge in [0.2, 0.25) is 23.6 Å². The van der Waals surface area contributed by atoms with Gasteiger partial charge < -0.3 is 37.6 Å². The van der Waals surface area contributed by atoms with E-state index in [-0.39, 0.29) is 58.5 Å². The van der Waals surface area contributed by atoms with Crippen molar-refractivity contribution in [3.63, 3.8) is 0 Å². The van der Waals surface area contributed by atoms with Crippen LogP contribution in [0.3, 0.4) is 0 Å². The first-order chi connectivity index (χ1) is 33.0. The fourth-order valence-corrected chi connectivity index (χ4v) is 7.92. The van der Waals surface area contributed by atoms with Crippen LogP contribution >= 0.6 is 11.6 Å². The van der Waals surface area contributed by atoms with E-state index in [1.54, 1.807) is 48.5 Å². The summed E-state index contributed by atoms with van der Waals surface area (Å²) >= 11 is 6.06. The Balaban J connectivity index is 1.32. The van der Waals surface area contributed by atoms with Crippen LogP contribution < -0.4 is 32.7 Å². The molecule has 0 aliphatic carbocycles. The van der Waals surface area contributed by atoms with Gasteiger partial charge in [-0.3, -0.25) is 43.2 Å². The number of rotatable bonds is 17. The topological polar surface area (TPSA) is 288 Å². The number of benzene rings is 4. The molecular formula is C49H51ClN10O9. The second-order valence-electron chi connectivity index (χ2n) is 16.6. The first kappa shape index (κ1) is 50.5. The molecule has 19 nitrogen and oxygen atoms in total. The molecule has 1 aromatic heterocycles. The quantitative estimate of drug-likeness (QED) is 0.0580. The molecule has 2 heterocycles. The molecular weight excluding hydrogens is 908 g/mol. The summed E-state index contributed by atoms with van der Waals surface area (Å²) in [6.07, 6.45) is 3.27. The molecule has 8 N–H and O–H groups in total. The number of hydrogen-bond acceptors (Lipinski definition) is 12. The van der Waals surface area contributed by atoms with E-state index in [0.29, 0.717) is 42.5 Å². The molecule has 4 aromatic carbocycles. The number of unbranched alkanes of at least 4 members (excludes halogenated alkanes) is 1. The smallest absolute Gasteiger partial charge is 0.270 e. The molecule has 0 fully saturated rings. The summed E-state index contributed by atoms with van der Waals surface area (Å²) in [5.41, 5.74) is 14.2. The van der Waals surface area contributed by atoms with Gasteiger partial charge in [-0.05, 0) is 103 Å².